The molecule has 12 heteroatoms. The summed E-state index contributed by atoms with van der Waals surface area (Å²) in [5.41, 5.74) is 0.250. The molecule has 0 fully saturated rings. The van der Waals surface area contributed by atoms with Gasteiger partial charge < -0.3 is 14.8 Å². The van der Waals surface area contributed by atoms with E-state index < -0.39 is 27.9 Å². The van der Waals surface area contributed by atoms with Crippen LogP contribution in [0.15, 0.2) is 42.7 Å². The van der Waals surface area contributed by atoms with Crippen molar-refractivity contribution in [2.75, 3.05) is 23.9 Å². The number of esters is 1. The van der Waals surface area contributed by atoms with Crippen LogP contribution in [0.2, 0.25) is 0 Å². The third-order valence-electron chi connectivity index (χ3n) is 3.88. The number of carbonyl (C=O) groups is 2. The first-order valence-corrected chi connectivity index (χ1v) is 11.3. The fourth-order valence-electron chi connectivity index (χ4n) is 2.54. The largest absolute Gasteiger partial charge is 0.460 e. The molecule has 1 aromatic carbocycles. The van der Waals surface area contributed by atoms with E-state index in [1.54, 1.807) is 27.8 Å². The van der Waals surface area contributed by atoms with Crippen molar-refractivity contribution in [1.82, 2.24) is 19.8 Å². The maximum atomic E-state index is 12.8. The fourth-order valence-corrected chi connectivity index (χ4v) is 3.61. The van der Waals surface area contributed by atoms with Crippen molar-refractivity contribution in [2.45, 2.75) is 33.0 Å². The van der Waals surface area contributed by atoms with Gasteiger partial charge in [-0.05, 0) is 26.3 Å². The van der Waals surface area contributed by atoms with Gasteiger partial charge in [0.15, 0.2) is 0 Å². The Bertz CT molecular complexity index is 1000. The highest BCUT2D eigenvalue weighted by molar-refractivity contribution is 7.91. The molecule has 2 rings (SSSR count). The highest BCUT2D eigenvalue weighted by Crippen LogP contribution is 2.16. The van der Waals surface area contributed by atoms with Gasteiger partial charge in [-0.1, -0.05) is 30.3 Å². The first kappa shape index (κ1) is 25.1. The average Bonchev–Trinajstić information content (AvgIpc) is 3.10. The normalized spacial score (nSPS) is 11.6. The van der Waals surface area contributed by atoms with Gasteiger partial charge in [-0.15, -0.1) is 0 Å². The number of ether oxygens (including phenoxy) is 2. The van der Waals surface area contributed by atoms with E-state index in [9.17, 15) is 18.0 Å². The van der Waals surface area contributed by atoms with Crippen molar-refractivity contribution in [1.29, 1.82) is 0 Å². The molecule has 0 unspecified atom stereocenters. The number of nitrogens with zero attached hydrogens (tertiary/aromatic N) is 3. The lowest BCUT2D eigenvalue weighted by atomic mass is 10.2. The van der Waals surface area contributed by atoms with Gasteiger partial charge in [0.1, 0.15) is 12.2 Å². The molecular weight excluding hydrogens is 438 g/mol. The minimum Gasteiger partial charge on any atom is -0.460 e. The summed E-state index contributed by atoms with van der Waals surface area (Å²) in [6.45, 7) is 4.96. The third-order valence-corrected chi connectivity index (χ3v) is 5.28. The molecule has 1 amide bonds. The van der Waals surface area contributed by atoms with Crippen LogP contribution < -0.4 is 14.3 Å². The van der Waals surface area contributed by atoms with Gasteiger partial charge in [-0.25, -0.2) is 13.8 Å². The van der Waals surface area contributed by atoms with Crippen LogP contribution in [0.4, 0.5) is 10.5 Å². The van der Waals surface area contributed by atoms with Crippen molar-refractivity contribution in [3.63, 3.8) is 0 Å². The number of aromatic nitrogens is 2. The summed E-state index contributed by atoms with van der Waals surface area (Å²) >= 11 is 0. The van der Waals surface area contributed by atoms with E-state index >= 15 is 0 Å². The van der Waals surface area contributed by atoms with Crippen LogP contribution in [0, 0.1) is 0 Å². The smallest absolute Gasteiger partial charge is 0.422 e. The second-order valence-electron chi connectivity index (χ2n) is 7.88. The third kappa shape index (κ3) is 8.55. The molecule has 0 aliphatic carbocycles. The minimum atomic E-state index is -4.28. The van der Waals surface area contributed by atoms with Crippen molar-refractivity contribution in [3.05, 3.63) is 48.3 Å². The van der Waals surface area contributed by atoms with Crippen molar-refractivity contribution in [2.24, 2.45) is 7.05 Å². The Morgan fingerprint density at radius 3 is 2.47 bits per heavy atom. The van der Waals surface area contributed by atoms with E-state index in [4.69, 9.17) is 9.47 Å². The average molecular weight is 468 g/mol. The number of amides is 1. The van der Waals surface area contributed by atoms with Crippen molar-refractivity contribution < 1.29 is 27.5 Å². The Balaban J connectivity index is 1.92. The van der Waals surface area contributed by atoms with Crippen LogP contribution >= 0.6 is 0 Å². The second kappa shape index (κ2) is 11.0. The van der Waals surface area contributed by atoms with Crippen LogP contribution in [0.25, 0.3) is 0 Å². The molecule has 2 aromatic rings. The molecule has 0 atom stereocenters. The zero-order chi connectivity index (χ0) is 23.8. The number of hydrogen-bond donors (Lipinski definition) is 2. The zero-order valence-electron chi connectivity index (χ0n) is 18.6. The molecule has 0 bridgehead atoms. The predicted octanol–water partition coefficient (Wildman–Crippen LogP) is 1.33. The number of nitrogens with one attached hydrogen (secondary N) is 2. The molecule has 0 aliphatic rings. The molecule has 11 nitrogen and oxygen atoms in total. The SMILES string of the molecule is Cn1cc(N(CCNCC(=O)OCc2ccccc2)S(=O)(=O)NC(=O)OC(C)(C)C)cn1. The molecular formula is C20H29N5O6S. The molecule has 0 aliphatic heterocycles. The first-order valence-electron chi connectivity index (χ1n) is 9.89. The Hall–Kier alpha value is -3.12. The first-order chi connectivity index (χ1) is 15.0. The molecule has 176 valence electrons. The lowest BCUT2D eigenvalue weighted by molar-refractivity contribution is -0.143. The topological polar surface area (TPSA) is 132 Å². The highest BCUT2D eigenvalue weighted by Gasteiger charge is 2.28. The number of benzene rings is 1. The zero-order valence-corrected chi connectivity index (χ0v) is 19.4. The van der Waals surface area contributed by atoms with Gasteiger partial charge in [0.2, 0.25) is 0 Å². The van der Waals surface area contributed by atoms with E-state index in [0.29, 0.717) is 0 Å². The minimum absolute atomic E-state index is 0.0736. The van der Waals surface area contributed by atoms with E-state index in [1.807, 2.05) is 35.1 Å². The lowest BCUT2D eigenvalue weighted by Gasteiger charge is -2.25. The number of aryl methyl sites for hydroxylation is 1. The molecule has 1 aromatic heterocycles. The number of carbonyl (C=O) groups excluding carboxylic acids is 2. The van der Waals surface area contributed by atoms with Crippen molar-refractivity contribution >= 4 is 28.0 Å². The van der Waals surface area contributed by atoms with E-state index in [-0.39, 0.29) is 31.9 Å². The lowest BCUT2D eigenvalue weighted by Crippen LogP contribution is -2.47. The van der Waals surface area contributed by atoms with Crippen LogP contribution in [-0.4, -0.2) is 55.5 Å². The summed E-state index contributed by atoms with van der Waals surface area (Å²) in [4.78, 5) is 23.9. The van der Waals surface area contributed by atoms with Crippen LogP contribution in [0.5, 0.6) is 0 Å². The number of anilines is 1. The molecule has 0 saturated heterocycles. The Morgan fingerprint density at radius 2 is 1.88 bits per heavy atom. The van der Waals surface area contributed by atoms with Gasteiger partial charge in [0.05, 0.1) is 18.4 Å². The standard InChI is InChI=1S/C20H29N5O6S/c1-20(2,3)31-19(27)23-32(28,29)25(17-12-22-24(4)14-17)11-10-21-13-18(26)30-15-16-8-6-5-7-9-16/h5-9,12,14,21H,10-11,13,15H2,1-4H3,(H,23,27). The van der Waals surface area contributed by atoms with Gasteiger partial charge in [0.25, 0.3) is 0 Å². The summed E-state index contributed by atoms with van der Waals surface area (Å²) in [6, 6.07) is 9.25. The second-order valence-corrected chi connectivity index (χ2v) is 9.47. The van der Waals surface area contributed by atoms with E-state index in [1.165, 1.54) is 17.1 Å². The molecule has 2 N–H and O–H groups in total. The Kier molecular flexibility index (Phi) is 8.61. The van der Waals surface area contributed by atoms with Crippen molar-refractivity contribution in [3.8, 4) is 0 Å². The summed E-state index contributed by atoms with van der Waals surface area (Å²) in [5.74, 6) is -0.475. The van der Waals surface area contributed by atoms with Crippen LogP contribution in [0.1, 0.15) is 26.3 Å². The van der Waals surface area contributed by atoms with Crippen LogP contribution in [0.3, 0.4) is 0 Å². The van der Waals surface area contributed by atoms with Gasteiger partial charge >= 0.3 is 22.3 Å². The Morgan fingerprint density at radius 1 is 1.19 bits per heavy atom. The summed E-state index contributed by atoms with van der Waals surface area (Å²) in [5, 5.41) is 6.81. The molecule has 0 spiro atoms. The Labute approximate surface area is 187 Å². The monoisotopic (exact) mass is 467 g/mol. The number of hydrogen-bond acceptors (Lipinski definition) is 8. The van der Waals surface area contributed by atoms with E-state index in [0.717, 1.165) is 9.87 Å². The number of rotatable bonds is 10. The summed E-state index contributed by atoms with van der Waals surface area (Å²) < 4.78 is 40.0. The van der Waals surface area contributed by atoms with Crippen LogP contribution in [-0.2, 0) is 38.1 Å². The maximum Gasteiger partial charge on any atom is 0.422 e. The fraction of sp³-hybridized carbons (Fsp3) is 0.450. The molecule has 32 heavy (non-hydrogen) atoms. The molecule has 0 radical (unpaired) electrons. The summed E-state index contributed by atoms with van der Waals surface area (Å²) in [6.07, 6.45) is 1.74. The predicted molar refractivity (Wildman–Crippen MR) is 118 cm³/mol. The quantitative estimate of drug-likeness (QED) is 0.395. The summed E-state index contributed by atoms with van der Waals surface area (Å²) in [7, 11) is -2.65. The molecule has 1 heterocycles. The maximum absolute atomic E-state index is 12.8. The highest BCUT2D eigenvalue weighted by atomic mass is 32.2. The van der Waals surface area contributed by atoms with Gasteiger partial charge in [-0.2, -0.15) is 13.5 Å². The van der Waals surface area contributed by atoms with Gasteiger partial charge in [-0.3, -0.25) is 9.48 Å². The molecule has 0 saturated carbocycles. The van der Waals surface area contributed by atoms with Gasteiger partial charge in [0, 0.05) is 26.3 Å². The van der Waals surface area contributed by atoms with E-state index in [2.05, 4.69) is 10.4 Å².